The Morgan fingerprint density at radius 2 is 1.21 bits per heavy atom. The number of nitrogens with zero attached hydrogens (tertiary/aromatic N) is 1. The van der Waals surface area contributed by atoms with E-state index in [4.69, 9.17) is 0 Å². The lowest BCUT2D eigenvalue weighted by Crippen LogP contribution is -2.39. The largest absolute Gasteiger partial charge is 0.160 e. The van der Waals surface area contributed by atoms with Crippen LogP contribution in [0.25, 0.3) is 0 Å². The summed E-state index contributed by atoms with van der Waals surface area (Å²) < 4.78 is 2.95. The molecule has 0 spiro atoms. The molecule has 2 saturated carbocycles. The van der Waals surface area contributed by atoms with E-state index in [0.29, 0.717) is 0 Å². The van der Waals surface area contributed by atoms with Gasteiger partial charge in [-0.15, -0.1) is 4.67 Å². The lowest BCUT2D eigenvalue weighted by molar-refractivity contribution is 0.183. The SMILES string of the molecule is C[Si](C)(C)/C=[PH+]/N(C1CCCCC1)C1CCCCC1. The highest BCUT2D eigenvalue weighted by Gasteiger charge is 2.32. The van der Waals surface area contributed by atoms with Gasteiger partial charge in [-0.3, -0.25) is 0 Å². The van der Waals surface area contributed by atoms with E-state index in [1.807, 2.05) is 0 Å². The minimum Gasteiger partial charge on any atom is -0.128 e. The summed E-state index contributed by atoms with van der Waals surface area (Å²) in [6.07, 6.45) is 14.8. The van der Waals surface area contributed by atoms with Crippen molar-refractivity contribution in [3.05, 3.63) is 0 Å². The summed E-state index contributed by atoms with van der Waals surface area (Å²) >= 11 is 0. The molecule has 1 atom stereocenters. The summed E-state index contributed by atoms with van der Waals surface area (Å²) in [6.45, 7) is 7.46. The maximum atomic E-state index is 2.95. The van der Waals surface area contributed by atoms with Gasteiger partial charge in [0.05, 0.1) is 17.5 Å². The molecule has 0 aromatic rings. The van der Waals surface area contributed by atoms with Gasteiger partial charge in [0.25, 0.3) is 0 Å². The Hall–Kier alpha value is 0.347. The fourth-order valence-corrected chi connectivity index (χ4v) is 6.58. The van der Waals surface area contributed by atoms with Crippen molar-refractivity contribution in [2.45, 2.75) is 95.9 Å². The molecule has 0 aliphatic heterocycles. The van der Waals surface area contributed by atoms with Crippen molar-refractivity contribution in [3.8, 4) is 0 Å². The molecular formula is C16H33NPSi+. The Morgan fingerprint density at radius 1 is 0.789 bits per heavy atom. The van der Waals surface area contributed by atoms with Gasteiger partial charge in [-0.25, -0.2) is 0 Å². The van der Waals surface area contributed by atoms with Crippen LogP contribution in [0.4, 0.5) is 0 Å². The van der Waals surface area contributed by atoms with Gasteiger partial charge in [-0.1, -0.05) is 58.2 Å². The zero-order chi connectivity index (χ0) is 13.7. The molecule has 0 heterocycles. The van der Waals surface area contributed by atoms with Crippen molar-refractivity contribution in [3.63, 3.8) is 0 Å². The summed E-state index contributed by atoms with van der Waals surface area (Å²) in [6, 6.07) is 1.84. The first-order valence-electron chi connectivity index (χ1n) is 8.45. The number of hydrogen-bond donors (Lipinski definition) is 0. The second-order valence-corrected chi connectivity index (χ2v) is 14.3. The first-order chi connectivity index (χ1) is 9.06. The fourth-order valence-electron chi connectivity index (χ4n) is 3.50. The van der Waals surface area contributed by atoms with Crippen LogP contribution < -0.4 is 0 Å². The minimum atomic E-state index is -1.00. The van der Waals surface area contributed by atoms with Gasteiger partial charge in [0.15, 0.2) is 8.35 Å². The molecule has 0 amide bonds. The van der Waals surface area contributed by atoms with Crippen LogP contribution >= 0.6 is 8.35 Å². The van der Waals surface area contributed by atoms with Crippen LogP contribution in [0.3, 0.4) is 0 Å². The van der Waals surface area contributed by atoms with Gasteiger partial charge >= 0.3 is 0 Å². The molecule has 2 fully saturated rings. The van der Waals surface area contributed by atoms with E-state index in [1.165, 1.54) is 64.2 Å². The monoisotopic (exact) mass is 298 g/mol. The molecular weight excluding hydrogens is 265 g/mol. The van der Waals surface area contributed by atoms with Gasteiger partial charge < -0.3 is 0 Å². The van der Waals surface area contributed by atoms with Crippen molar-refractivity contribution >= 4 is 21.8 Å². The molecule has 0 aromatic carbocycles. The maximum absolute atomic E-state index is 2.95. The Bertz CT molecular complexity index is 268. The molecule has 0 N–H and O–H groups in total. The Labute approximate surface area is 123 Å². The van der Waals surface area contributed by atoms with E-state index >= 15 is 0 Å². The molecule has 2 aliphatic carbocycles. The topological polar surface area (TPSA) is 3.24 Å². The van der Waals surface area contributed by atoms with Crippen LogP contribution in [0, 0.1) is 0 Å². The van der Waals surface area contributed by atoms with Crippen molar-refractivity contribution in [1.82, 2.24) is 4.67 Å². The van der Waals surface area contributed by atoms with Gasteiger partial charge in [0, 0.05) is 0 Å². The molecule has 1 nitrogen and oxygen atoms in total. The Morgan fingerprint density at radius 3 is 1.58 bits per heavy atom. The van der Waals surface area contributed by atoms with Gasteiger partial charge in [0.1, 0.15) is 8.07 Å². The second-order valence-electron chi connectivity index (χ2n) is 7.63. The second kappa shape index (κ2) is 7.38. The molecule has 0 bridgehead atoms. The normalized spacial score (nSPS) is 24.4. The van der Waals surface area contributed by atoms with Crippen LogP contribution in [-0.4, -0.2) is 30.2 Å². The predicted octanol–water partition coefficient (Wildman–Crippen LogP) is 5.23. The molecule has 0 radical (unpaired) electrons. The molecule has 2 aliphatic rings. The lowest BCUT2D eigenvalue weighted by Gasteiger charge is -2.34. The highest BCUT2D eigenvalue weighted by atomic mass is 31.1. The Balaban J connectivity index is 2.04. The molecule has 19 heavy (non-hydrogen) atoms. The van der Waals surface area contributed by atoms with E-state index in [1.54, 1.807) is 0 Å². The zero-order valence-corrected chi connectivity index (χ0v) is 15.3. The van der Waals surface area contributed by atoms with Crippen LogP contribution in [-0.2, 0) is 0 Å². The number of hydrogen-bond acceptors (Lipinski definition) is 1. The van der Waals surface area contributed by atoms with Crippen LogP contribution in [0.5, 0.6) is 0 Å². The average Bonchev–Trinajstić information content (AvgIpc) is 2.40. The quantitative estimate of drug-likeness (QED) is 0.507. The minimum absolute atomic E-state index is 0.919. The van der Waals surface area contributed by atoms with Gasteiger partial charge in [-0.2, -0.15) is 0 Å². The lowest BCUT2D eigenvalue weighted by atomic mass is 9.91. The van der Waals surface area contributed by atoms with Crippen LogP contribution in [0.2, 0.25) is 19.6 Å². The zero-order valence-electron chi connectivity index (χ0n) is 13.3. The summed E-state index contributed by atoms with van der Waals surface area (Å²) in [5, 5.41) is 0. The molecule has 1 unspecified atom stereocenters. The summed E-state index contributed by atoms with van der Waals surface area (Å²) in [5.41, 5.74) is 2.72. The summed E-state index contributed by atoms with van der Waals surface area (Å²) in [5.74, 6) is 0. The average molecular weight is 299 g/mol. The smallest absolute Gasteiger partial charge is 0.128 e. The van der Waals surface area contributed by atoms with E-state index in [-0.39, 0.29) is 0 Å². The van der Waals surface area contributed by atoms with Crippen molar-refractivity contribution < 1.29 is 0 Å². The fraction of sp³-hybridized carbons (Fsp3) is 0.938. The first-order valence-corrected chi connectivity index (χ1v) is 13.1. The van der Waals surface area contributed by atoms with E-state index in [2.05, 4.69) is 29.7 Å². The molecule has 110 valence electrons. The van der Waals surface area contributed by atoms with Crippen LogP contribution in [0.1, 0.15) is 64.2 Å². The van der Waals surface area contributed by atoms with Crippen molar-refractivity contribution in [2.75, 3.05) is 0 Å². The van der Waals surface area contributed by atoms with Crippen molar-refractivity contribution in [2.24, 2.45) is 0 Å². The summed E-state index contributed by atoms with van der Waals surface area (Å²) in [4.78, 5) is 0. The van der Waals surface area contributed by atoms with E-state index < -0.39 is 8.07 Å². The standard InChI is InChI=1S/C16H32NPSi/c1-19(2,3)14-18-17(15-10-6-4-7-11-15)16-12-8-5-9-13-16/h14-16H,4-13H2,1-3H3/p+1. The maximum Gasteiger partial charge on any atom is 0.160 e. The first kappa shape index (κ1) is 15.7. The third-order valence-electron chi connectivity index (χ3n) is 4.58. The Kier molecular flexibility index (Phi) is 6.11. The van der Waals surface area contributed by atoms with E-state index in [9.17, 15) is 0 Å². The molecule has 0 saturated heterocycles. The predicted molar refractivity (Wildman–Crippen MR) is 93.3 cm³/mol. The summed E-state index contributed by atoms with van der Waals surface area (Å²) in [7, 11) is 0.00511. The van der Waals surface area contributed by atoms with E-state index in [0.717, 1.165) is 20.4 Å². The third kappa shape index (κ3) is 5.32. The highest BCUT2D eigenvalue weighted by Crippen LogP contribution is 2.34. The van der Waals surface area contributed by atoms with Gasteiger partial charge in [0.2, 0.25) is 0 Å². The highest BCUT2D eigenvalue weighted by molar-refractivity contribution is 7.45. The molecule has 0 aromatic heterocycles. The van der Waals surface area contributed by atoms with Gasteiger partial charge in [-0.05, 0) is 25.7 Å². The van der Waals surface area contributed by atoms with Crippen LogP contribution in [0.15, 0.2) is 0 Å². The number of rotatable bonds is 4. The third-order valence-corrected chi connectivity index (χ3v) is 9.59. The molecule has 3 heteroatoms. The van der Waals surface area contributed by atoms with Crippen molar-refractivity contribution in [1.29, 1.82) is 0 Å². The molecule has 2 rings (SSSR count).